The smallest absolute Gasteiger partial charge is 0.332 e. The molecule has 2 N–H and O–H groups in total. The van der Waals surface area contributed by atoms with E-state index in [4.69, 9.17) is 9.84 Å². The van der Waals surface area contributed by atoms with Crippen LogP contribution in [0.25, 0.3) is 0 Å². The van der Waals surface area contributed by atoms with Crippen LogP contribution in [-0.2, 0) is 20.7 Å². The number of hydrogen-bond donors (Lipinski definition) is 2. The molecule has 3 atom stereocenters. The van der Waals surface area contributed by atoms with Gasteiger partial charge in [-0.1, -0.05) is 28.1 Å². The molecular weight excluding hydrogens is 338 g/mol. The van der Waals surface area contributed by atoms with E-state index < -0.39 is 18.2 Å². The number of fused-ring (bicyclic) bond motifs is 1. The number of benzene rings is 1. The van der Waals surface area contributed by atoms with Gasteiger partial charge in [-0.05, 0) is 42.9 Å². The minimum absolute atomic E-state index is 0.0162. The van der Waals surface area contributed by atoms with Crippen LogP contribution in [0.15, 0.2) is 22.7 Å². The van der Waals surface area contributed by atoms with Gasteiger partial charge in [-0.25, -0.2) is 4.79 Å². The Morgan fingerprint density at radius 3 is 2.71 bits per heavy atom. The highest BCUT2D eigenvalue weighted by Crippen LogP contribution is 2.35. The Bertz CT molecular complexity index is 589. The number of carboxylic acids is 1. The molecule has 1 fully saturated rings. The predicted molar refractivity (Wildman–Crippen MR) is 78.9 cm³/mol. The Balaban J connectivity index is 1.65. The molecule has 0 bridgehead atoms. The van der Waals surface area contributed by atoms with Gasteiger partial charge in [0.15, 0.2) is 6.10 Å². The maximum Gasteiger partial charge on any atom is 0.332 e. The van der Waals surface area contributed by atoms with Crippen LogP contribution in [0, 0.1) is 0 Å². The molecule has 2 aliphatic rings. The first kappa shape index (κ1) is 14.5. The number of rotatable bonds is 3. The lowest BCUT2D eigenvalue weighted by atomic mass is 10.1. The van der Waals surface area contributed by atoms with Crippen molar-refractivity contribution in [3.63, 3.8) is 0 Å². The van der Waals surface area contributed by atoms with Gasteiger partial charge in [0.05, 0.1) is 6.04 Å². The molecule has 0 radical (unpaired) electrons. The van der Waals surface area contributed by atoms with Crippen molar-refractivity contribution in [2.75, 3.05) is 0 Å². The third-order valence-corrected chi connectivity index (χ3v) is 4.86. The highest BCUT2D eigenvalue weighted by atomic mass is 79.9. The van der Waals surface area contributed by atoms with Crippen LogP contribution in [0.1, 0.15) is 36.4 Å². The third kappa shape index (κ3) is 2.82. The van der Waals surface area contributed by atoms with Crippen molar-refractivity contribution < 1.29 is 19.4 Å². The zero-order chi connectivity index (χ0) is 15.0. The molecular formula is C15H16BrNO4. The lowest BCUT2D eigenvalue weighted by Crippen LogP contribution is -2.37. The second-order valence-corrected chi connectivity index (χ2v) is 6.29. The summed E-state index contributed by atoms with van der Waals surface area (Å²) in [6.07, 6.45) is 1.12. The monoisotopic (exact) mass is 353 g/mol. The standard InChI is InChI=1S/C15H16BrNO4/c16-10-3-1-2-9-8(10)4-5-11(9)17-14(18)12-6-7-13(21-12)15(19)20/h1-3,11-13H,4-7H2,(H,17,18)(H,19,20)/t11?,12-,13+/m0/s1. The molecule has 5 nitrogen and oxygen atoms in total. The average Bonchev–Trinajstić information content (AvgIpc) is 3.07. The molecule has 0 spiro atoms. The van der Waals surface area contributed by atoms with Crippen LogP contribution in [0.2, 0.25) is 0 Å². The van der Waals surface area contributed by atoms with E-state index in [1.54, 1.807) is 0 Å². The Labute approximate surface area is 130 Å². The molecule has 1 aromatic carbocycles. The molecule has 21 heavy (non-hydrogen) atoms. The lowest BCUT2D eigenvalue weighted by Gasteiger charge is -2.17. The molecule has 1 amide bonds. The fourth-order valence-corrected chi connectivity index (χ4v) is 3.62. The number of halogens is 1. The quantitative estimate of drug-likeness (QED) is 0.873. The minimum atomic E-state index is -1.000. The minimum Gasteiger partial charge on any atom is -0.479 e. The van der Waals surface area contributed by atoms with E-state index in [0.717, 1.165) is 22.9 Å². The number of nitrogens with one attached hydrogen (secondary N) is 1. The summed E-state index contributed by atoms with van der Waals surface area (Å²) in [5, 5.41) is 11.9. The zero-order valence-electron chi connectivity index (χ0n) is 11.3. The maximum absolute atomic E-state index is 12.2. The maximum atomic E-state index is 12.2. The van der Waals surface area contributed by atoms with Crippen molar-refractivity contribution >= 4 is 27.8 Å². The topological polar surface area (TPSA) is 75.6 Å². The number of carbonyl (C=O) groups is 2. The molecule has 1 heterocycles. The summed E-state index contributed by atoms with van der Waals surface area (Å²) < 4.78 is 6.36. The largest absolute Gasteiger partial charge is 0.479 e. The third-order valence-electron chi connectivity index (χ3n) is 4.12. The Hall–Kier alpha value is -1.40. The molecule has 3 rings (SSSR count). The SMILES string of the molecule is O=C(NC1CCc2c(Br)cccc21)[C@@H]1CC[C@H](C(=O)O)O1. The Kier molecular flexibility index (Phi) is 3.99. The van der Waals surface area contributed by atoms with Gasteiger partial charge in [0.25, 0.3) is 0 Å². The van der Waals surface area contributed by atoms with Crippen molar-refractivity contribution in [2.45, 2.75) is 43.9 Å². The number of aliphatic carboxylic acids is 1. The summed E-state index contributed by atoms with van der Waals surface area (Å²) in [4.78, 5) is 23.1. The number of hydrogen-bond acceptors (Lipinski definition) is 3. The lowest BCUT2D eigenvalue weighted by molar-refractivity contribution is -0.151. The van der Waals surface area contributed by atoms with Crippen LogP contribution >= 0.6 is 15.9 Å². The fraction of sp³-hybridized carbons (Fsp3) is 0.467. The summed E-state index contributed by atoms with van der Waals surface area (Å²) >= 11 is 3.53. The molecule has 0 aromatic heterocycles. The first-order valence-corrected chi connectivity index (χ1v) is 7.81. The molecule has 6 heteroatoms. The molecule has 1 aromatic rings. The average molecular weight is 354 g/mol. The van der Waals surface area contributed by atoms with Crippen LogP contribution in [-0.4, -0.2) is 29.2 Å². The van der Waals surface area contributed by atoms with Gasteiger partial charge in [-0.2, -0.15) is 0 Å². The highest BCUT2D eigenvalue weighted by Gasteiger charge is 2.36. The van der Waals surface area contributed by atoms with Crippen LogP contribution < -0.4 is 5.32 Å². The second kappa shape index (κ2) is 5.77. The van der Waals surface area contributed by atoms with Crippen molar-refractivity contribution in [3.05, 3.63) is 33.8 Å². The van der Waals surface area contributed by atoms with E-state index in [0.29, 0.717) is 12.8 Å². The zero-order valence-corrected chi connectivity index (χ0v) is 12.9. The number of ether oxygens (including phenoxy) is 1. The van der Waals surface area contributed by atoms with E-state index in [9.17, 15) is 9.59 Å². The van der Waals surface area contributed by atoms with Gasteiger partial charge >= 0.3 is 5.97 Å². The first-order valence-electron chi connectivity index (χ1n) is 7.02. The van der Waals surface area contributed by atoms with Gasteiger partial charge in [-0.15, -0.1) is 0 Å². The highest BCUT2D eigenvalue weighted by molar-refractivity contribution is 9.10. The van der Waals surface area contributed by atoms with Crippen LogP contribution in [0.3, 0.4) is 0 Å². The van der Waals surface area contributed by atoms with Crippen LogP contribution in [0.4, 0.5) is 0 Å². The number of amides is 1. The number of carbonyl (C=O) groups excluding carboxylic acids is 1. The van der Waals surface area contributed by atoms with E-state index in [-0.39, 0.29) is 11.9 Å². The summed E-state index contributed by atoms with van der Waals surface area (Å²) in [5.74, 6) is -1.21. The second-order valence-electron chi connectivity index (χ2n) is 5.44. The first-order chi connectivity index (χ1) is 10.1. The van der Waals surface area contributed by atoms with E-state index >= 15 is 0 Å². The number of carboxylic acid groups (broad SMARTS) is 1. The van der Waals surface area contributed by atoms with Crippen molar-refractivity contribution in [1.29, 1.82) is 0 Å². The van der Waals surface area contributed by atoms with Crippen LogP contribution in [0.5, 0.6) is 0 Å². The summed E-state index contributed by atoms with van der Waals surface area (Å²) in [6.45, 7) is 0. The van der Waals surface area contributed by atoms with E-state index in [1.165, 1.54) is 5.56 Å². The predicted octanol–water partition coefficient (Wildman–Crippen LogP) is 2.18. The van der Waals surface area contributed by atoms with E-state index in [2.05, 4.69) is 21.2 Å². The molecule has 112 valence electrons. The van der Waals surface area contributed by atoms with Gasteiger partial charge in [0.1, 0.15) is 6.10 Å². The molecule has 1 saturated heterocycles. The Morgan fingerprint density at radius 2 is 2.00 bits per heavy atom. The van der Waals surface area contributed by atoms with Crippen molar-refractivity contribution in [3.8, 4) is 0 Å². The van der Waals surface area contributed by atoms with Gasteiger partial charge in [-0.3, -0.25) is 4.79 Å². The normalized spacial score (nSPS) is 27.4. The van der Waals surface area contributed by atoms with Crippen molar-refractivity contribution in [1.82, 2.24) is 5.32 Å². The van der Waals surface area contributed by atoms with E-state index in [1.807, 2.05) is 18.2 Å². The fourth-order valence-electron chi connectivity index (χ4n) is 3.04. The molecule has 1 aliphatic heterocycles. The van der Waals surface area contributed by atoms with Gasteiger partial charge in [0.2, 0.25) is 5.91 Å². The van der Waals surface area contributed by atoms with Crippen molar-refractivity contribution in [2.24, 2.45) is 0 Å². The Morgan fingerprint density at radius 1 is 1.24 bits per heavy atom. The molecule has 1 aliphatic carbocycles. The molecule has 1 unspecified atom stereocenters. The molecule has 0 saturated carbocycles. The van der Waals surface area contributed by atoms with Gasteiger partial charge in [0, 0.05) is 4.47 Å². The summed E-state index contributed by atoms with van der Waals surface area (Å²) in [7, 11) is 0. The summed E-state index contributed by atoms with van der Waals surface area (Å²) in [6, 6.07) is 5.96. The van der Waals surface area contributed by atoms with Gasteiger partial charge < -0.3 is 15.2 Å². The summed E-state index contributed by atoms with van der Waals surface area (Å²) in [5.41, 5.74) is 2.36.